The minimum absolute atomic E-state index is 0.0282. The Balaban J connectivity index is 2.02. The molecule has 1 aliphatic rings. The Morgan fingerprint density at radius 3 is 2.74 bits per heavy atom. The number of anilines is 2. The summed E-state index contributed by atoms with van der Waals surface area (Å²) in [6.45, 7) is 8.68. The van der Waals surface area contributed by atoms with Crippen LogP contribution in [0.15, 0.2) is 24.3 Å². The van der Waals surface area contributed by atoms with Gasteiger partial charge in [0.25, 0.3) is 0 Å². The summed E-state index contributed by atoms with van der Waals surface area (Å²) in [5.74, 6) is 0.136. The normalized spacial score (nSPS) is 16.3. The monoisotopic (exact) mass is 317 g/mol. The van der Waals surface area contributed by atoms with E-state index in [2.05, 4.69) is 17.6 Å². The fourth-order valence-corrected chi connectivity index (χ4v) is 2.53. The van der Waals surface area contributed by atoms with Gasteiger partial charge in [0.1, 0.15) is 6.04 Å². The molecule has 5 nitrogen and oxygen atoms in total. The van der Waals surface area contributed by atoms with Gasteiger partial charge in [0.05, 0.1) is 0 Å². The van der Waals surface area contributed by atoms with Gasteiger partial charge in [-0.05, 0) is 51.8 Å². The Morgan fingerprint density at radius 2 is 2.13 bits per heavy atom. The van der Waals surface area contributed by atoms with Gasteiger partial charge in [-0.15, -0.1) is 0 Å². The minimum Gasteiger partial charge on any atom is -0.374 e. The Hall–Kier alpha value is -2.04. The third-order valence-electron chi connectivity index (χ3n) is 4.35. The van der Waals surface area contributed by atoms with Gasteiger partial charge >= 0.3 is 0 Å². The van der Waals surface area contributed by atoms with Crippen LogP contribution in [0, 0.1) is 0 Å². The van der Waals surface area contributed by atoms with Gasteiger partial charge in [0, 0.05) is 29.9 Å². The lowest BCUT2D eigenvalue weighted by Gasteiger charge is -2.27. The van der Waals surface area contributed by atoms with Crippen LogP contribution in [0.2, 0.25) is 0 Å². The maximum Gasteiger partial charge on any atom is 0.242 e. The third-order valence-corrected chi connectivity index (χ3v) is 4.35. The molecule has 1 aliphatic heterocycles. The summed E-state index contributed by atoms with van der Waals surface area (Å²) in [6, 6.07) is 7.34. The molecule has 0 saturated carbocycles. The quantitative estimate of drug-likeness (QED) is 0.848. The highest BCUT2D eigenvalue weighted by Crippen LogP contribution is 2.24. The van der Waals surface area contributed by atoms with E-state index in [0.717, 1.165) is 30.8 Å². The van der Waals surface area contributed by atoms with Crippen molar-refractivity contribution in [3.63, 3.8) is 0 Å². The highest BCUT2D eigenvalue weighted by Gasteiger charge is 2.23. The van der Waals surface area contributed by atoms with Gasteiger partial charge < -0.3 is 15.5 Å². The maximum atomic E-state index is 12.3. The first kappa shape index (κ1) is 17.3. The summed E-state index contributed by atoms with van der Waals surface area (Å²) in [7, 11) is 0. The van der Waals surface area contributed by atoms with Gasteiger partial charge in [0.2, 0.25) is 11.8 Å². The number of hydrogen-bond donors (Lipinski definition) is 2. The molecule has 0 aliphatic carbocycles. The van der Waals surface area contributed by atoms with Crippen LogP contribution in [0.3, 0.4) is 0 Å². The molecule has 23 heavy (non-hydrogen) atoms. The maximum absolute atomic E-state index is 12.3. The molecular formula is C18H27N3O2. The Bertz CT molecular complexity index is 583. The molecule has 2 N–H and O–H groups in total. The van der Waals surface area contributed by atoms with Gasteiger partial charge in [-0.3, -0.25) is 9.59 Å². The SMILES string of the molecule is CCC(C)(C)NC(=O)C(C)Nc1cccc(N2CCCC2=O)c1. The minimum atomic E-state index is -0.342. The van der Waals surface area contributed by atoms with Crippen molar-refractivity contribution in [1.29, 1.82) is 0 Å². The number of carbonyl (C=O) groups is 2. The number of rotatable bonds is 6. The highest BCUT2D eigenvalue weighted by atomic mass is 16.2. The van der Waals surface area contributed by atoms with Crippen LogP contribution in [0.25, 0.3) is 0 Å². The molecule has 1 atom stereocenters. The molecule has 0 radical (unpaired) electrons. The average molecular weight is 317 g/mol. The summed E-state index contributed by atoms with van der Waals surface area (Å²) < 4.78 is 0. The molecule has 0 bridgehead atoms. The van der Waals surface area contributed by atoms with Crippen molar-refractivity contribution in [2.24, 2.45) is 0 Å². The van der Waals surface area contributed by atoms with E-state index < -0.39 is 0 Å². The van der Waals surface area contributed by atoms with Crippen molar-refractivity contribution >= 4 is 23.2 Å². The van der Waals surface area contributed by atoms with Crippen LogP contribution in [0.1, 0.15) is 47.0 Å². The molecule has 0 aromatic heterocycles. The van der Waals surface area contributed by atoms with E-state index in [1.54, 1.807) is 4.90 Å². The lowest BCUT2D eigenvalue weighted by molar-refractivity contribution is -0.123. The van der Waals surface area contributed by atoms with E-state index >= 15 is 0 Å². The predicted octanol–water partition coefficient (Wildman–Crippen LogP) is 2.92. The van der Waals surface area contributed by atoms with Crippen LogP contribution in [0.4, 0.5) is 11.4 Å². The van der Waals surface area contributed by atoms with Crippen molar-refractivity contribution in [1.82, 2.24) is 5.32 Å². The second-order valence-corrected chi connectivity index (χ2v) is 6.79. The highest BCUT2D eigenvalue weighted by molar-refractivity contribution is 5.95. The van der Waals surface area contributed by atoms with Crippen molar-refractivity contribution in [2.45, 2.75) is 58.5 Å². The van der Waals surface area contributed by atoms with Crippen molar-refractivity contribution in [2.75, 3.05) is 16.8 Å². The summed E-state index contributed by atoms with van der Waals surface area (Å²) >= 11 is 0. The van der Waals surface area contributed by atoms with Crippen LogP contribution in [0.5, 0.6) is 0 Å². The molecule has 1 fully saturated rings. The summed E-state index contributed by atoms with van der Waals surface area (Å²) in [6.07, 6.45) is 2.39. The number of amides is 2. The van der Waals surface area contributed by atoms with E-state index in [1.807, 2.05) is 45.0 Å². The smallest absolute Gasteiger partial charge is 0.242 e. The molecular weight excluding hydrogens is 290 g/mol. The van der Waals surface area contributed by atoms with E-state index in [-0.39, 0.29) is 23.4 Å². The molecule has 5 heteroatoms. The van der Waals surface area contributed by atoms with Crippen LogP contribution >= 0.6 is 0 Å². The second kappa shape index (κ2) is 7.02. The van der Waals surface area contributed by atoms with Crippen LogP contribution in [-0.2, 0) is 9.59 Å². The number of hydrogen-bond acceptors (Lipinski definition) is 3. The van der Waals surface area contributed by atoms with Crippen LogP contribution < -0.4 is 15.5 Å². The molecule has 2 amide bonds. The molecule has 126 valence electrons. The molecule has 1 unspecified atom stereocenters. The summed E-state index contributed by atoms with van der Waals surface area (Å²) in [5.41, 5.74) is 1.52. The average Bonchev–Trinajstić information content (AvgIpc) is 2.93. The molecule has 0 spiro atoms. The zero-order valence-corrected chi connectivity index (χ0v) is 14.5. The Morgan fingerprint density at radius 1 is 1.39 bits per heavy atom. The van der Waals surface area contributed by atoms with Gasteiger partial charge in [-0.25, -0.2) is 0 Å². The first-order valence-electron chi connectivity index (χ1n) is 8.31. The zero-order chi connectivity index (χ0) is 17.0. The van der Waals surface area contributed by atoms with E-state index in [4.69, 9.17) is 0 Å². The zero-order valence-electron chi connectivity index (χ0n) is 14.5. The topological polar surface area (TPSA) is 61.4 Å². The second-order valence-electron chi connectivity index (χ2n) is 6.79. The van der Waals surface area contributed by atoms with Crippen LogP contribution in [-0.4, -0.2) is 29.9 Å². The van der Waals surface area contributed by atoms with E-state index in [0.29, 0.717) is 6.42 Å². The lowest BCUT2D eigenvalue weighted by atomic mass is 10.0. The molecule has 1 heterocycles. The Kier molecular flexibility index (Phi) is 5.29. The molecule has 1 aromatic rings. The summed E-state index contributed by atoms with van der Waals surface area (Å²) in [5, 5.41) is 6.25. The fraction of sp³-hybridized carbons (Fsp3) is 0.556. The van der Waals surface area contributed by atoms with Gasteiger partial charge in [-0.2, -0.15) is 0 Å². The molecule has 2 rings (SSSR count). The largest absolute Gasteiger partial charge is 0.374 e. The number of nitrogens with one attached hydrogen (secondary N) is 2. The first-order valence-corrected chi connectivity index (χ1v) is 8.31. The number of benzene rings is 1. The van der Waals surface area contributed by atoms with E-state index in [1.165, 1.54) is 0 Å². The standard InChI is InChI=1S/C18H27N3O2/c1-5-18(3,4)20-17(23)13(2)19-14-8-6-9-15(12-14)21-11-7-10-16(21)22/h6,8-9,12-13,19H,5,7,10-11H2,1-4H3,(H,20,23). The lowest BCUT2D eigenvalue weighted by Crippen LogP contribution is -2.48. The molecule has 1 saturated heterocycles. The van der Waals surface area contributed by atoms with Gasteiger partial charge in [-0.1, -0.05) is 13.0 Å². The van der Waals surface area contributed by atoms with Crippen molar-refractivity contribution < 1.29 is 9.59 Å². The third kappa shape index (κ3) is 4.47. The predicted molar refractivity (Wildman–Crippen MR) is 93.6 cm³/mol. The fourth-order valence-electron chi connectivity index (χ4n) is 2.53. The number of carbonyl (C=O) groups excluding carboxylic acids is 2. The van der Waals surface area contributed by atoms with Crippen molar-refractivity contribution in [3.8, 4) is 0 Å². The summed E-state index contributed by atoms with van der Waals surface area (Å²) in [4.78, 5) is 25.9. The first-order chi connectivity index (χ1) is 10.8. The van der Waals surface area contributed by atoms with Gasteiger partial charge in [0.15, 0.2) is 0 Å². The van der Waals surface area contributed by atoms with E-state index in [9.17, 15) is 9.59 Å². The van der Waals surface area contributed by atoms with Crippen molar-refractivity contribution in [3.05, 3.63) is 24.3 Å². The Labute approximate surface area is 138 Å². The number of nitrogens with zero attached hydrogens (tertiary/aromatic N) is 1. The molecule has 1 aromatic carbocycles.